The molecule has 3 heterocycles. The fourth-order valence-electron chi connectivity index (χ4n) is 7.88. The average Bonchev–Trinajstić information content (AvgIpc) is 3.31. The number of aliphatic hydroxyl groups is 12. The highest BCUT2D eigenvalue weighted by Crippen LogP contribution is 2.33. The lowest BCUT2D eigenvalue weighted by Crippen LogP contribution is -2.68. The van der Waals surface area contributed by atoms with Gasteiger partial charge in [-0.25, -0.2) is 0 Å². The zero-order valence-corrected chi connectivity index (χ0v) is 38.0. The first-order valence-electron chi connectivity index (χ1n) is 23.0. The third-order valence-corrected chi connectivity index (χ3v) is 11.8. The van der Waals surface area contributed by atoms with Gasteiger partial charge in [0.15, 0.2) is 18.9 Å². The van der Waals surface area contributed by atoms with Gasteiger partial charge in [0.2, 0.25) is 0 Å². The highest BCUT2D eigenvalue weighted by Gasteiger charge is 2.53. The van der Waals surface area contributed by atoms with Gasteiger partial charge >= 0.3 is 5.97 Å². The van der Waals surface area contributed by atoms with Crippen LogP contribution >= 0.6 is 0 Å². The molecule has 67 heavy (non-hydrogen) atoms. The van der Waals surface area contributed by atoms with Crippen LogP contribution in [0.5, 0.6) is 0 Å². The summed E-state index contributed by atoms with van der Waals surface area (Å²) in [5.74, 6) is -0.558. The molecule has 0 saturated carbocycles. The number of rotatable bonds is 24. The molecule has 19 atom stereocenters. The molecule has 4 aliphatic rings. The predicted molar refractivity (Wildman–Crippen MR) is 239 cm³/mol. The Kier molecular flexibility index (Phi) is 24.6. The van der Waals surface area contributed by atoms with Gasteiger partial charge in [-0.2, -0.15) is 0 Å². The number of carbonyl (C=O) groups is 1. The largest absolute Gasteiger partial charge is 0.461 e. The van der Waals surface area contributed by atoms with Crippen molar-refractivity contribution in [2.24, 2.45) is 0 Å². The summed E-state index contributed by atoms with van der Waals surface area (Å²) in [6.07, 6.45) is 3.69. The fraction of sp³-hybridized carbons (Fsp3) is 0.681. The van der Waals surface area contributed by atoms with E-state index in [1.165, 1.54) is 13.0 Å². The molecule has 380 valence electrons. The Balaban J connectivity index is 1.22. The maximum absolute atomic E-state index is 12.5. The number of hydrogen-bond acceptors (Lipinski definition) is 20. The molecule has 0 radical (unpaired) electrons. The van der Waals surface area contributed by atoms with Crippen molar-refractivity contribution in [3.8, 4) is 0 Å². The Morgan fingerprint density at radius 1 is 0.597 bits per heavy atom. The molecule has 0 amide bonds. The van der Waals surface area contributed by atoms with Crippen molar-refractivity contribution in [2.75, 3.05) is 19.8 Å². The lowest BCUT2D eigenvalue weighted by atomic mass is 9.86. The van der Waals surface area contributed by atoms with Gasteiger partial charge in [0.1, 0.15) is 86.0 Å². The molecule has 3 saturated heterocycles. The minimum Gasteiger partial charge on any atom is -0.461 e. The van der Waals surface area contributed by atoms with E-state index in [0.29, 0.717) is 12.8 Å². The van der Waals surface area contributed by atoms with E-state index in [-0.39, 0.29) is 12.0 Å². The summed E-state index contributed by atoms with van der Waals surface area (Å²) in [6, 6.07) is -2.30. The van der Waals surface area contributed by atoms with E-state index in [0.717, 1.165) is 32.1 Å². The number of nitrogens with one attached hydrogen (secondary N) is 1. The molecular formula is C47H73NO19. The van der Waals surface area contributed by atoms with Gasteiger partial charge in [0.25, 0.3) is 0 Å². The Morgan fingerprint density at radius 2 is 1.07 bits per heavy atom. The predicted octanol–water partition coefficient (Wildman–Crippen LogP) is -1.54. The third kappa shape index (κ3) is 16.5. The summed E-state index contributed by atoms with van der Waals surface area (Å²) in [5, 5.41) is 130. The van der Waals surface area contributed by atoms with Crippen molar-refractivity contribution in [1.82, 2.24) is 5.32 Å². The second kappa shape index (κ2) is 29.2. The van der Waals surface area contributed by atoms with Crippen molar-refractivity contribution < 1.29 is 94.5 Å². The van der Waals surface area contributed by atoms with Crippen LogP contribution < -0.4 is 5.32 Å². The SMILES string of the molecule is CC/C=C\C/C=C\C/C=C\C/C=C\C/C=C\C/C=C\CCC(=O)OCC1=C[C@@H](N[C@H]2[C@@H](O)[C@@H](O)[C@H](O[C@H]3[C@@H](O)[C@@H](O)[C@@H](O[C@H]4[C@@H](O)[C@@H](O)C(O)O[C@@H]4CO)O[C@@H]3CO)O[C@@H]2C)[C@H](O)[C@@H](O)[C@@H]1O. The molecule has 0 spiro atoms. The molecule has 0 aromatic rings. The minimum absolute atomic E-state index is 0.0564. The van der Waals surface area contributed by atoms with Crippen molar-refractivity contribution in [3.63, 3.8) is 0 Å². The highest BCUT2D eigenvalue weighted by atomic mass is 16.7. The topological polar surface area (TPSA) is 327 Å². The van der Waals surface area contributed by atoms with Gasteiger partial charge in [0, 0.05) is 6.42 Å². The number of esters is 1. The number of aliphatic hydroxyl groups excluding tert-OH is 12. The molecule has 1 unspecified atom stereocenters. The van der Waals surface area contributed by atoms with Gasteiger partial charge in [-0.1, -0.05) is 85.9 Å². The van der Waals surface area contributed by atoms with E-state index in [2.05, 4.69) is 66.9 Å². The van der Waals surface area contributed by atoms with Crippen LogP contribution in [0.4, 0.5) is 0 Å². The summed E-state index contributed by atoms with van der Waals surface area (Å²) in [5.41, 5.74) is 0.0755. The summed E-state index contributed by atoms with van der Waals surface area (Å²) in [6.45, 7) is 1.55. The molecular weight excluding hydrogens is 883 g/mol. The van der Waals surface area contributed by atoms with Crippen LogP contribution in [0.25, 0.3) is 0 Å². The van der Waals surface area contributed by atoms with Crippen molar-refractivity contribution >= 4 is 5.97 Å². The second-order valence-electron chi connectivity index (χ2n) is 16.8. The van der Waals surface area contributed by atoms with Crippen LogP contribution in [0, 0.1) is 0 Å². The van der Waals surface area contributed by atoms with Crippen LogP contribution in [-0.2, 0) is 33.2 Å². The molecule has 1 aliphatic carbocycles. The van der Waals surface area contributed by atoms with Crippen LogP contribution in [0.3, 0.4) is 0 Å². The van der Waals surface area contributed by atoms with E-state index in [1.54, 1.807) is 0 Å². The molecule has 0 bridgehead atoms. The molecule has 4 rings (SSSR count). The molecule has 3 aliphatic heterocycles. The normalized spacial score (nSPS) is 38.9. The average molecular weight is 956 g/mol. The first-order chi connectivity index (χ1) is 32.1. The summed E-state index contributed by atoms with van der Waals surface area (Å²) in [7, 11) is 0. The smallest absolute Gasteiger partial charge is 0.306 e. The van der Waals surface area contributed by atoms with Gasteiger partial charge in [-0.05, 0) is 57.4 Å². The van der Waals surface area contributed by atoms with Crippen molar-refractivity contribution in [1.29, 1.82) is 0 Å². The fourth-order valence-corrected chi connectivity index (χ4v) is 7.88. The van der Waals surface area contributed by atoms with E-state index >= 15 is 0 Å². The van der Waals surface area contributed by atoms with Gasteiger partial charge < -0.3 is 95.0 Å². The number of allylic oxidation sites excluding steroid dienone is 12. The second-order valence-corrected chi connectivity index (χ2v) is 16.8. The Hall–Kier alpha value is -3.07. The third-order valence-electron chi connectivity index (χ3n) is 11.8. The molecule has 3 fully saturated rings. The van der Waals surface area contributed by atoms with Crippen LogP contribution in [0.2, 0.25) is 0 Å². The van der Waals surface area contributed by atoms with E-state index in [9.17, 15) is 66.1 Å². The summed E-state index contributed by atoms with van der Waals surface area (Å²) >= 11 is 0. The number of carbonyl (C=O) groups excluding carboxylic acids is 1. The number of hydrogen-bond donors (Lipinski definition) is 13. The van der Waals surface area contributed by atoms with Crippen LogP contribution in [-0.4, -0.2) is 203 Å². The Morgan fingerprint density at radius 3 is 1.61 bits per heavy atom. The zero-order chi connectivity index (χ0) is 49.0. The van der Waals surface area contributed by atoms with E-state index < -0.39 is 142 Å². The van der Waals surface area contributed by atoms with Crippen molar-refractivity contribution in [2.45, 2.75) is 182 Å². The van der Waals surface area contributed by atoms with Crippen molar-refractivity contribution in [3.05, 3.63) is 84.6 Å². The quantitative estimate of drug-likeness (QED) is 0.0385. The maximum atomic E-state index is 12.5. The maximum Gasteiger partial charge on any atom is 0.306 e. The Bertz CT molecular complexity index is 1670. The first-order valence-corrected chi connectivity index (χ1v) is 23.0. The van der Waals surface area contributed by atoms with E-state index in [1.807, 2.05) is 18.2 Å². The van der Waals surface area contributed by atoms with Crippen LogP contribution in [0.15, 0.2) is 84.6 Å². The Labute approximate surface area is 391 Å². The molecule has 13 N–H and O–H groups in total. The first kappa shape index (κ1) is 56.5. The van der Waals surface area contributed by atoms with Gasteiger partial charge in [-0.15, -0.1) is 0 Å². The monoisotopic (exact) mass is 955 g/mol. The molecule has 20 nitrogen and oxygen atoms in total. The van der Waals surface area contributed by atoms with Crippen LogP contribution in [0.1, 0.15) is 65.2 Å². The van der Waals surface area contributed by atoms with Gasteiger partial charge in [-0.3, -0.25) is 4.79 Å². The van der Waals surface area contributed by atoms with Gasteiger partial charge in [0.05, 0.1) is 31.4 Å². The summed E-state index contributed by atoms with van der Waals surface area (Å²) < 4.78 is 33.1. The highest BCUT2D eigenvalue weighted by molar-refractivity contribution is 5.69. The minimum atomic E-state index is -1.96. The molecule has 0 aromatic carbocycles. The lowest BCUT2D eigenvalue weighted by molar-refractivity contribution is -0.373. The summed E-state index contributed by atoms with van der Waals surface area (Å²) in [4.78, 5) is 12.5. The van der Waals surface area contributed by atoms with E-state index in [4.69, 9.17) is 28.4 Å². The molecule has 0 aromatic heterocycles. The molecule has 20 heteroatoms. The lowest BCUT2D eigenvalue weighted by Gasteiger charge is -2.48. The standard InChI is InChI=1S/C47H73NO19/c1-3-4-5-6-7-8-9-10-11-12-13-14-15-16-17-18-19-20-21-22-32(51)62-26-28-23-29(35(53)37(55)34(28)52)48-33-27(2)63-46(41(59)36(33)54)66-44-31(25-50)65-47(42(60)39(44)57)67-43-30(24-49)64-45(61)40(58)38(43)56/h4-5,7-8,10-11,13-14,16-17,19-20,23,27,29-31,33-50,52-61H,3,6,9,12,15,18,21-22,24-26H2,1-2H3/b5-4-,8-7-,11-10-,14-13-,17-16-,20-19-/t27-,29-,30-,31-,33-,34-,35+,36-,37+,38+,39+,40-,41-,42-,43-,44-,45?,46+,47-/m1/s1. The zero-order valence-electron chi connectivity index (χ0n) is 38.0. The number of ether oxygens (including phenoxy) is 6.